The molecule has 0 saturated heterocycles. The molecule has 4 amide bonds. The van der Waals surface area contributed by atoms with Crippen LogP contribution in [0.5, 0.6) is 11.5 Å². The van der Waals surface area contributed by atoms with Gasteiger partial charge in [-0.2, -0.15) is 0 Å². The van der Waals surface area contributed by atoms with E-state index in [2.05, 4.69) is 21.3 Å². The van der Waals surface area contributed by atoms with Crippen molar-refractivity contribution in [2.24, 2.45) is 0 Å². The lowest BCUT2D eigenvalue weighted by Gasteiger charge is -2.29. The van der Waals surface area contributed by atoms with Crippen LogP contribution < -0.4 is 30.7 Å². The Morgan fingerprint density at radius 1 is 0.974 bits per heavy atom. The largest absolute Gasteiger partial charge is 0.490 e. The van der Waals surface area contributed by atoms with Crippen LogP contribution in [0.3, 0.4) is 0 Å². The van der Waals surface area contributed by atoms with Crippen LogP contribution in [0.4, 0.5) is 10.5 Å². The van der Waals surface area contributed by atoms with Gasteiger partial charge in [0, 0.05) is 12.2 Å². The summed E-state index contributed by atoms with van der Waals surface area (Å²) < 4.78 is 11.5. The van der Waals surface area contributed by atoms with E-state index >= 15 is 0 Å². The Labute approximate surface area is 231 Å². The van der Waals surface area contributed by atoms with Gasteiger partial charge in [0.05, 0.1) is 28.9 Å². The molecule has 0 spiro atoms. The molecule has 1 aliphatic rings. The Hall–Kier alpha value is -4.50. The average molecular weight is 549 g/mol. The molecule has 9 nitrogen and oxygen atoms in total. The number of hydrogen-bond acceptors (Lipinski definition) is 5. The fraction of sp³-hybridized carbons (Fsp3) is 0.207. The first kappa shape index (κ1) is 27.5. The highest BCUT2D eigenvalue weighted by Crippen LogP contribution is 2.35. The molecule has 10 heteroatoms. The number of ether oxygens (including phenoxy) is 2. The number of carbonyl (C=O) groups is 3. The number of anilines is 1. The van der Waals surface area contributed by atoms with Crippen molar-refractivity contribution in [3.63, 3.8) is 0 Å². The lowest BCUT2D eigenvalue weighted by atomic mass is 9.94. The number of para-hydroxylation sites is 1. The Bertz CT molecular complexity index is 1390. The normalized spacial score (nSPS) is 14.6. The fourth-order valence-electron chi connectivity index (χ4n) is 4.08. The summed E-state index contributed by atoms with van der Waals surface area (Å²) in [6.07, 6.45) is 0. The summed E-state index contributed by atoms with van der Waals surface area (Å²) in [4.78, 5) is 38.0. The van der Waals surface area contributed by atoms with Gasteiger partial charge in [-0.25, -0.2) is 4.79 Å². The van der Waals surface area contributed by atoms with E-state index in [1.54, 1.807) is 49.4 Å². The molecular weight excluding hydrogens is 520 g/mol. The topological polar surface area (TPSA) is 118 Å². The Kier molecular flexibility index (Phi) is 9.06. The number of amides is 4. The third-order valence-corrected chi connectivity index (χ3v) is 6.26. The zero-order chi connectivity index (χ0) is 27.8. The van der Waals surface area contributed by atoms with E-state index in [0.29, 0.717) is 52.2 Å². The summed E-state index contributed by atoms with van der Waals surface area (Å²) >= 11 is 6.22. The first-order valence-corrected chi connectivity index (χ1v) is 12.8. The number of benzene rings is 3. The lowest BCUT2D eigenvalue weighted by molar-refractivity contribution is -0.123. The van der Waals surface area contributed by atoms with Crippen molar-refractivity contribution < 1.29 is 23.9 Å². The second-order valence-electron chi connectivity index (χ2n) is 8.69. The maximum Gasteiger partial charge on any atom is 0.319 e. The predicted molar refractivity (Wildman–Crippen MR) is 149 cm³/mol. The van der Waals surface area contributed by atoms with E-state index in [9.17, 15) is 14.4 Å². The molecule has 0 aliphatic carbocycles. The SMILES string of the molecule is CCOc1cc([C@H]2NC(=O)NC(C)=C2C(=O)Nc2ccccc2Cl)ccc1OCC(=O)NCc1ccccc1. The van der Waals surface area contributed by atoms with Gasteiger partial charge in [-0.15, -0.1) is 0 Å². The third-order valence-electron chi connectivity index (χ3n) is 5.93. The Morgan fingerprint density at radius 2 is 1.72 bits per heavy atom. The maximum absolute atomic E-state index is 13.3. The minimum atomic E-state index is -0.774. The number of carbonyl (C=O) groups excluding carboxylic acids is 3. The van der Waals surface area contributed by atoms with E-state index in [4.69, 9.17) is 21.1 Å². The number of nitrogens with one attached hydrogen (secondary N) is 4. The van der Waals surface area contributed by atoms with E-state index < -0.39 is 18.0 Å². The van der Waals surface area contributed by atoms with E-state index in [1.165, 1.54) is 0 Å². The van der Waals surface area contributed by atoms with Crippen molar-refractivity contribution in [1.29, 1.82) is 0 Å². The number of hydrogen-bond donors (Lipinski definition) is 4. The summed E-state index contributed by atoms with van der Waals surface area (Å²) in [5, 5.41) is 11.5. The fourth-order valence-corrected chi connectivity index (χ4v) is 4.26. The van der Waals surface area contributed by atoms with Crippen LogP contribution in [0.2, 0.25) is 5.02 Å². The zero-order valence-corrected chi connectivity index (χ0v) is 22.3. The van der Waals surface area contributed by atoms with Crippen molar-refractivity contribution in [3.05, 3.63) is 100 Å². The molecule has 4 N–H and O–H groups in total. The zero-order valence-electron chi connectivity index (χ0n) is 21.5. The van der Waals surface area contributed by atoms with E-state index in [-0.39, 0.29) is 12.5 Å². The summed E-state index contributed by atoms with van der Waals surface area (Å²) in [6.45, 7) is 4.00. The van der Waals surface area contributed by atoms with Crippen LogP contribution in [0.25, 0.3) is 0 Å². The highest BCUT2D eigenvalue weighted by Gasteiger charge is 2.32. The lowest BCUT2D eigenvalue weighted by Crippen LogP contribution is -2.46. The van der Waals surface area contributed by atoms with Gasteiger partial charge >= 0.3 is 6.03 Å². The maximum atomic E-state index is 13.3. The van der Waals surface area contributed by atoms with Crippen molar-refractivity contribution in [1.82, 2.24) is 16.0 Å². The summed E-state index contributed by atoms with van der Waals surface area (Å²) in [6, 6.07) is 20.3. The Morgan fingerprint density at radius 3 is 2.46 bits per heavy atom. The van der Waals surface area contributed by atoms with Gasteiger partial charge in [0.1, 0.15) is 0 Å². The standard InChI is InChI=1S/C29H29ClN4O5/c1-3-38-24-15-20(13-14-23(24)39-17-25(35)31-16-19-9-5-4-6-10-19)27-26(18(2)32-29(37)34-27)28(36)33-22-12-8-7-11-21(22)30/h4-15,27H,3,16-17H2,1-2H3,(H,31,35)(H,33,36)(H2,32,34,37)/t27-/m1/s1. The van der Waals surface area contributed by atoms with Crippen LogP contribution in [-0.2, 0) is 16.1 Å². The quantitative estimate of drug-likeness (QED) is 0.293. The average Bonchev–Trinajstić information content (AvgIpc) is 2.92. The molecule has 0 fully saturated rings. The molecule has 0 bridgehead atoms. The smallest absolute Gasteiger partial charge is 0.319 e. The van der Waals surface area contributed by atoms with Crippen LogP contribution >= 0.6 is 11.6 Å². The van der Waals surface area contributed by atoms with Gasteiger partial charge in [-0.3, -0.25) is 9.59 Å². The minimum Gasteiger partial charge on any atom is -0.490 e. The second-order valence-corrected chi connectivity index (χ2v) is 9.10. The number of urea groups is 1. The molecule has 0 saturated carbocycles. The summed E-state index contributed by atoms with van der Waals surface area (Å²) in [7, 11) is 0. The third kappa shape index (κ3) is 7.08. The van der Waals surface area contributed by atoms with Crippen molar-refractivity contribution in [3.8, 4) is 11.5 Å². The molecule has 1 heterocycles. The molecule has 0 radical (unpaired) electrons. The Balaban J connectivity index is 1.51. The molecule has 4 rings (SSSR count). The highest BCUT2D eigenvalue weighted by molar-refractivity contribution is 6.33. The van der Waals surface area contributed by atoms with Crippen LogP contribution in [0.1, 0.15) is 31.0 Å². The van der Waals surface area contributed by atoms with Gasteiger partial charge in [0.2, 0.25) is 0 Å². The van der Waals surface area contributed by atoms with Gasteiger partial charge < -0.3 is 30.7 Å². The van der Waals surface area contributed by atoms with Gasteiger partial charge in [-0.1, -0.05) is 60.1 Å². The van der Waals surface area contributed by atoms with Gasteiger partial charge in [-0.05, 0) is 49.2 Å². The van der Waals surface area contributed by atoms with Gasteiger partial charge in [0.25, 0.3) is 11.8 Å². The van der Waals surface area contributed by atoms with Crippen LogP contribution in [-0.4, -0.2) is 31.1 Å². The van der Waals surface area contributed by atoms with Gasteiger partial charge in [0.15, 0.2) is 18.1 Å². The minimum absolute atomic E-state index is 0.207. The number of halogens is 1. The summed E-state index contributed by atoms with van der Waals surface area (Å²) in [5.41, 5.74) is 2.74. The second kappa shape index (κ2) is 12.8. The van der Waals surface area contributed by atoms with Crippen molar-refractivity contribution in [2.45, 2.75) is 26.4 Å². The van der Waals surface area contributed by atoms with Crippen LogP contribution in [0, 0.1) is 0 Å². The molecular formula is C29H29ClN4O5. The highest BCUT2D eigenvalue weighted by atomic mass is 35.5. The molecule has 0 aromatic heterocycles. The molecule has 1 atom stereocenters. The molecule has 3 aromatic carbocycles. The first-order chi connectivity index (χ1) is 18.9. The number of allylic oxidation sites excluding steroid dienone is 1. The van der Waals surface area contributed by atoms with E-state index in [0.717, 1.165) is 5.56 Å². The first-order valence-electron chi connectivity index (χ1n) is 12.4. The molecule has 0 unspecified atom stereocenters. The summed E-state index contributed by atoms with van der Waals surface area (Å²) in [5.74, 6) is 0.0280. The molecule has 1 aliphatic heterocycles. The molecule has 3 aromatic rings. The predicted octanol–water partition coefficient (Wildman–Crippen LogP) is 4.70. The number of rotatable bonds is 10. The monoisotopic (exact) mass is 548 g/mol. The van der Waals surface area contributed by atoms with E-state index in [1.807, 2.05) is 37.3 Å². The molecule has 202 valence electrons. The van der Waals surface area contributed by atoms with Crippen LogP contribution in [0.15, 0.2) is 84.1 Å². The molecule has 39 heavy (non-hydrogen) atoms. The van der Waals surface area contributed by atoms with Crippen molar-refractivity contribution in [2.75, 3.05) is 18.5 Å². The van der Waals surface area contributed by atoms with Crippen molar-refractivity contribution >= 4 is 35.1 Å².